The number of aryl methyl sites for hydroxylation is 1. The summed E-state index contributed by atoms with van der Waals surface area (Å²) in [5.41, 5.74) is 3.04. The first-order chi connectivity index (χ1) is 13.9. The molecule has 146 valence electrons. The van der Waals surface area contributed by atoms with Crippen LogP contribution in [0, 0.1) is 6.92 Å². The fourth-order valence-electron chi connectivity index (χ4n) is 2.84. The van der Waals surface area contributed by atoms with Crippen molar-refractivity contribution < 1.29 is 8.42 Å². The number of nitrogens with one attached hydrogen (secondary N) is 2. The van der Waals surface area contributed by atoms with Crippen molar-refractivity contribution >= 4 is 54.3 Å². The molecule has 0 saturated carbocycles. The van der Waals surface area contributed by atoms with Crippen molar-refractivity contribution in [3.05, 3.63) is 82.8 Å². The van der Waals surface area contributed by atoms with E-state index in [-0.39, 0.29) is 10.7 Å². The third kappa shape index (κ3) is 4.23. The fraction of sp³-hybridized carbons (Fsp3) is 0.0476. The van der Waals surface area contributed by atoms with Gasteiger partial charge in [-0.15, -0.1) is 0 Å². The van der Waals surface area contributed by atoms with Gasteiger partial charge in [0.2, 0.25) is 0 Å². The van der Waals surface area contributed by atoms with Crippen LogP contribution in [-0.4, -0.2) is 18.4 Å². The number of fused-ring (bicyclic) bond motifs is 1. The van der Waals surface area contributed by atoms with Gasteiger partial charge in [-0.05, 0) is 55.0 Å². The third-order valence-electron chi connectivity index (χ3n) is 4.30. The van der Waals surface area contributed by atoms with Crippen LogP contribution in [0.4, 0.5) is 17.3 Å². The van der Waals surface area contributed by atoms with Crippen LogP contribution >= 0.6 is 15.9 Å². The maximum Gasteiger partial charge on any atom is 0.263 e. The van der Waals surface area contributed by atoms with E-state index in [0.717, 1.165) is 15.7 Å². The SMILES string of the molecule is Cc1cc(Br)ccc1Nc1nc2ccccc2nc1NS(=O)(=O)c1ccccc1. The summed E-state index contributed by atoms with van der Waals surface area (Å²) in [7, 11) is -3.81. The zero-order chi connectivity index (χ0) is 20.4. The molecule has 29 heavy (non-hydrogen) atoms. The van der Waals surface area contributed by atoms with Crippen LogP contribution in [0.5, 0.6) is 0 Å². The first-order valence-electron chi connectivity index (χ1n) is 8.80. The second-order valence-corrected chi connectivity index (χ2v) is 9.01. The maximum absolute atomic E-state index is 12.8. The number of hydrogen-bond acceptors (Lipinski definition) is 5. The Labute approximate surface area is 177 Å². The molecule has 8 heteroatoms. The Bertz CT molecular complexity index is 1290. The number of sulfonamides is 1. The molecule has 0 fully saturated rings. The number of rotatable bonds is 5. The van der Waals surface area contributed by atoms with Crippen LogP contribution in [0.3, 0.4) is 0 Å². The number of hydrogen-bond donors (Lipinski definition) is 2. The van der Waals surface area contributed by atoms with Gasteiger partial charge in [-0.2, -0.15) is 0 Å². The average Bonchev–Trinajstić information content (AvgIpc) is 2.71. The second-order valence-electron chi connectivity index (χ2n) is 6.41. The van der Waals surface area contributed by atoms with Gasteiger partial charge in [-0.25, -0.2) is 18.4 Å². The second kappa shape index (κ2) is 7.81. The molecule has 6 nitrogen and oxygen atoms in total. The number of aromatic nitrogens is 2. The van der Waals surface area contributed by atoms with E-state index in [1.165, 1.54) is 12.1 Å². The Morgan fingerprint density at radius 3 is 2.10 bits per heavy atom. The summed E-state index contributed by atoms with van der Waals surface area (Å²) in [6.07, 6.45) is 0. The van der Waals surface area contributed by atoms with E-state index < -0.39 is 10.0 Å². The molecule has 4 rings (SSSR count). The van der Waals surface area contributed by atoms with Crippen LogP contribution in [0.15, 0.2) is 82.2 Å². The summed E-state index contributed by atoms with van der Waals surface area (Å²) in [6, 6.07) is 21.2. The van der Waals surface area contributed by atoms with Crippen molar-refractivity contribution in [2.75, 3.05) is 10.0 Å². The standard InChI is InChI=1S/C21H17BrN4O2S/c1-14-13-15(22)11-12-17(14)23-20-21(25-19-10-6-5-9-18(19)24-20)26-29(27,28)16-7-3-2-4-8-16/h2-13H,1H3,(H,23,24)(H,25,26). The first kappa shape index (κ1) is 19.4. The molecular weight excluding hydrogens is 452 g/mol. The fourth-order valence-corrected chi connectivity index (χ4v) is 4.34. The summed E-state index contributed by atoms with van der Waals surface area (Å²) in [6.45, 7) is 1.95. The Kier molecular flexibility index (Phi) is 5.21. The van der Waals surface area contributed by atoms with Crippen LogP contribution < -0.4 is 10.0 Å². The zero-order valence-corrected chi connectivity index (χ0v) is 17.8. The monoisotopic (exact) mass is 468 g/mol. The minimum Gasteiger partial charge on any atom is -0.337 e. The van der Waals surface area contributed by atoms with Gasteiger partial charge < -0.3 is 5.32 Å². The Morgan fingerprint density at radius 1 is 0.828 bits per heavy atom. The van der Waals surface area contributed by atoms with Gasteiger partial charge in [0.25, 0.3) is 10.0 Å². The molecule has 0 aliphatic rings. The van der Waals surface area contributed by atoms with E-state index in [0.29, 0.717) is 16.9 Å². The molecular formula is C21H17BrN4O2S. The Hall–Kier alpha value is -2.97. The molecule has 2 N–H and O–H groups in total. The van der Waals surface area contributed by atoms with Crippen molar-refractivity contribution in [1.29, 1.82) is 0 Å². The number of halogens is 1. The van der Waals surface area contributed by atoms with E-state index in [4.69, 9.17) is 0 Å². The number of benzene rings is 3. The van der Waals surface area contributed by atoms with Crippen LogP contribution in [0.1, 0.15) is 5.56 Å². The molecule has 0 unspecified atom stereocenters. The van der Waals surface area contributed by atoms with E-state index in [1.54, 1.807) is 24.3 Å². The number of nitrogens with zero attached hydrogens (tertiary/aromatic N) is 2. The van der Waals surface area contributed by atoms with Crippen molar-refractivity contribution in [2.45, 2.75) is 11.8 Å². The lowest BCUT2D eigenvalue weighted by molar-refractivity contribution is 0.601. The molecule has 0 aliphatic heterocycles. The lowest BCUT2D eigenvalue weighted by atomic mass is 10.2. The predicted octanol–water partition coefficient (Wildman–Crippen LogP) is 5.25. The van der Waals surface area contributed by atoms with Gasteiger partial charge in [0.05, 0.1) is 15.9 Å². The minimum atomic E-state index is -3.81. The normalized spacial score (nSPS) is 11.4. The minimum absolute atomic E-state index is 0.134. The van der Waals surface area contributed by atoms with Gasteiger partial charge in [0.1, 0.15) is 0 Å². The largest absolute Gasteiger partial charge is 0.337 e. The lowest BCUT2D eigenvalue weighted by Gasteiger charge is -2.15. The first-order valence-corrected chi connectivity index (χ1v) is 11.1. The molecule has 0 radical (unpaired) electrons. The maximum atomic E-state index is 12.8. The molecule has 1 heterocycles. The molecule has 0 atom stereocenters. The molecule has 3 aromatic carbocycles. The van der Waals surface area contributed by atoms with Crippen molar-refractivity contribution in [2.24, 2.45) is 0 Å². The van der Waals surface area contributed by atoms with Crippen LogP contribution in [0.2, 0.25) is 0 Å². The Balaban J connectivity index is 1.80. The predicted molar refractivity (Wildman–Crippen MR) is 119 cm³/mol. The molecule has 0 bridgehead atoms. The summed E-state index contributed by atoms with van der Waals surface area (Å²) >= 11 is 3.45. The van der Waals surface area contributed by atoms with Gasteiger partial charge in [-0.3, -0.25) is 4.72 Å². The summed E-state index contributed by atoms with van der Waals surface area (Å²) in [4.78, 5) is 9.26. The molecule has 1 aromatic heterocycles. The van der Waals surface area contributed by atoms with Crippen molar-refractivity contribution in [1.82, 2.24) is 9.97 Å². The Morgan fingerprint density at radius 2 is 1.45 bits per heavy atom. The van der Waals surface area contributed by atoms with Crippen LogP contribution in [-0.2, 0) is 10.0 Å². The highest BCUT2D eigenvalue weighted by molar-refractivity contribution is 9.10. The third-order valence-corrected chi connectivity index (χ3v) is 6.14. The van der Waals surface area contributed by atoms with Gasteiger partial charge in [-0.1, -0.05) is 46.3 Å². The summed E-state index contributed by atoms with van der Waals surface area (Å²) in [5, 5.41) is 3.21. The van der Waals surface area contributed by atoms with Crippen LogP contribution in [0.25, 0.3) is 11.0 Å². The van der Waals surface area contributed by atoms with Gasteiger partial charge in [0.15, 0.2) is 11.6 Å². The quantitative estimate of drug-likeness (QED) is 0.418. The van der Waals surface area contributed by atoms with E-state index in [1.807, 2.05) is 43.3 Å². The van der Waals surface area contributed by atoms with Gasteiger partial charge >= 0.3 is 0 Å². The highest BCUT2D eigenvalue weighted by Crippen LogP contribution is 2.29. The molecule has 0 aliphatic carbocycles. The van der Waals surface area contributed by atoms with Gasteiger partial charge in [0, 0.05) is 10.2 Å². The molecule has 0 saturated heterocycles. The molecule has 0 amide bonds. The highest BCUT2D eigenvalue weighted by Gasteiger charge is 2.19. The summed E-state index contributed by atoms with van der Waals surface area (Å²) < 4.78 is 29.2. The smallest absolute Gasteiger partial charge is 0.263 e. The average molecular weight is 469 g/mol. The van der Waals surface area contributed by atoms with E-state index in [9.17, 15) is 8.42 Å². The van der Waals surface area contributed by atoms with Crippen molar-refractivity contribution in [3.63, 3.8) is 0 Å². The number of anilines is 3. The molecule has 4 aromatic rings. The van der Waals surface area contributed by atoms with E-state index >= 15 is 0 Å². The summed E-state index contributed by atoms with van der Waals surface area (Å²) in [5.74, 6) is 0.462. The molecule has 0 spiro atoms. The topological polar surface area (TPSA) is 84.0 Å². The number of para-hydroxylation sites is 2. The van der Waals surface area contributed by atoms with Crippen molar-refractivity contribution in [3.8, 4) is 0 Å². The lowest BCUT2D eigenvalue weighted by Crippen LogP contribution is -2.16. The van der Waals surface area contributed by atoms with E-state index in [2.05, 4.69) is 35.9 Å². The highest BCUT2D eigenvalue weighted by atomic mass is 79.9. The zero-order valence-electron chi connectivity index (χ0n) is 15.4.